The third kappa shape index (κ3) is 3.31. The molecular weight excluding hydrogens is 310 g/mol. The summed E-state index contributed by atoms with van der Waals surface area (Å²) in [5, 5.41) is 0. The molecule has 0 radical (unpaired) electrons. The molecule has 24 heavy (non-hydrogen) atoms. The molecule has 1 amide bonds. The lowest BCUT2D eigenvalue weighted by atomic mass is 9.72. The predicted molar refractivity (Wildman–Crippen MR) is 88.2 cm³/mol. The van der Waals surface area contributed by atoms with Crippen LogP contribution in [0, 0.1) is 11.6 Å². The average molecular weight is 330 g/mol. The van der Waals surface area contributed by atoms with E-state index in [1.54, 1.807) is 0 Å². The van der Waals surface area contributed by atoms with Crippen molar-refractivity contribution >= 4 is 5.91 Å². The van der Waals surface area contributed by atoms with Crippen LogP contribution < -0.4 is 5.73 Å². The maximum atomic E-state index is 13.6. The molecule has 1 fully saturated rings. The molecule has 0 saturated carbocycles. The van der Waals surface area contributed by atoms with Crippen LogP contribution in [0.4, 0.5) is 8.78 Å². The number of halogens is 2. The molecule has 0 bridgehead atoms. The number of rotatable bonds is 4. The van der Waals surface area contributed by atoms with E-state index < -0.39 is 23.0 Å². The van der Waals surface area contributed by atoms with E-state index in [1.807, 2.05) is 18.2 Å². The molecule has 1 saturated heterocycles. The predicted octanol–water partition coefficient (Wildman–Crippen LogP) is 2.98. The molecule has 5 heteroatoms. The Bertz CT molecular complexity index is 705. The van der Waals surface area contributed by atoms with Gasteiger partial charge in [0.2, 0.25) is 5.91 Å². The maximum Gasteiger partial charge on any atom is 0.228 e. The molecule has 2 aromatic rings. The summed E-state index contributed by atoms with van der Waals surface area (Å²) in [6, 6.07) is 13.3. The van der Waals surface area contributed by atoms with Crippen LogP contribution in [0.2, 0.25) is 0 Å². The number of hydrogen-bond donors (Lipinski definition) is 1. The zero-order valence-corrected chi connectivity index (χ0v) is 13.3. The summed E-state index contributed by atoms with van der Waals surface area (Å²) in [6.45, 7) is 2.08. The fourth-order valence-corrected chi connectivity index (χ4v) is 3.44. The van der Waals surface area contributed by atoms with E-state index in [-0.39, 0.29) is 0 Å². The zero-order valence-electron chi connectivity index (χ0n) is 13.3. The standard InChI is InChI=1S/C19H20F2N2O/c20-16-10-15(11-17(21)12-16)19(18(22)24)6-8-23(9-7-19)13-14-4-2-1-3-5-14/h1-5,10-12H,6-9,13H2,(H2,22,24). The topological polar surface area (TPSA) is 46.3 Å². The highest BCUT2D eigenvalue weighted by Gasteiger charge is 2.42. The monoisotopic (exact) mass is 330 g/mol. The van der Waals surface area contributed by atoms with Gasteiger partial charge in [0, 0.05) is 12.6 Å². The summed E-state index contributed by atoms with van der Waals surface area (Å²) >= 11 is 0. The molecule has 1 aliphatic rings. The van der Waals surface area contributed by atoms with E-state index in [9.17, 15) is 13.6 Å². The van der Waals surface area contributed by atoms with Crippen molar-refractivity contribution in [3.05, 3.63) is 71.3 Å². The highest BCUT2D eigenvalue weighted by molar-refractivity contribution is 5.87. The van der Waals surface area contributed by atoms with Crippen molar-refractivity contribution in [2.75, 3.05) is 13.1 Å². The third-order valence-electron chi connectivity index (χ3n) is 4.85. The number of nitrogens with two attached hydrogens (primary N) is 1. The molecule has 0 unspecified atom stereocenters. The first-order valence-corrected chi connectivity index (χ1v) is 8.02. The van der Waals surface area contributed by atoms with E-state index in [0.717, 1.165) is 12.6 Å². The van der Waals surface area contributed by atoms with Gasteiger partial charge in [0.05, 0.1) is 5.41 Å². The Kier molecular flexibility index (Phi) is 4.62. The second kappa shape index (κ2) is 6.69. The summed E-state index contributed by atoms with van der Waals surface area (Å²) in [5.41, 5.74) is 6.16. The fraction of sp³-hybridized carbons (Fsp3) is 0.316. The Hall–Kier alpha value is -2.27. The lowest BCUT2D eigenvalue weighted by molar-refractivity contribution is -0.125. The molecule has 1 heterocycles. The summed E-state index contributed by atoms with van der Waals surface area (Å²) in [6.07, 6.45) is 0.913. The van der Waals surface area contributed by atoms with Crippen LogP contribution in [-0.2, 0) is 16.8 Å². The van der Waals surface area contributed by atoms with E-state index >= 15 is 0 Å². The molecule has 2 N–H and O–H groups in total. The van der Waals surface area contributed by atoms with Gasteiger partial charge in [-0.15, -0.1) is 0 Å². The number of nitrogens with zero attached hydrogens (tertiary/aromatic N) is 1. The molecule has 126 valence electrons. The molecule has 3 nitrogen and oxygen atoms in total. The normalized spacial score (nSPS) is 17.6. The number of piperidine rings is 1. The minimum absolute atomic E-state index is 0.340. The Morgan fingerprint density at radius 2 is 1.62 bits per heavy atom. The largest absolute Gasteiger partial charge is 0.369 e. The average Bonchev–Trinajstić information content (AvgIpc) is 2.55. The first kappa shape index (κ1) is 16.6. The van der Waals surface area contributed by atoms with Gasteiger partial charge in [-0.25, -0.2) is 8.78 Å². The number of primary amides is 1. The second-order valence-electron chi connectivity index (χ2n) is 6.37. The van der Waals surface area contributed by atoms with E-state index in [0.29, 0.717) is 31.5 Å². The summed E-state index contributed by atoms with van der Waals surface area (Å²) < 4.78 is 27.2. The number of likely N-dealkylation sites (tertiary alicyclic amines) is 1. The molecular formula is C19H20F2N2O. The Labute approximate surface area is 140 Å². The molecule has 0 aromatic heterocycles. The third-order valence-corrected chi connectivity index (χ3v) is 4.85. The van der Waals surface area contributed by atoms with Crippen LogP contribution >= 0.6 is 0 Å². The Balaban J connectivity index is 1.78. The lowest BCUT2D eigenvalue weighted by Gasteiger charge is -2.40. The van der Waals surface area contributed by atoms with Crippen LogP contribution in [0.25, 0.3) is 0 Å². The lowest BCUT2D eigenvalue weighted by Crippen LogP contribution is -2.50. The first-order chi connectivity index (χ1) is 11.5. The van der Waals surface area contributed by atoms with Gasteiger partial charge in [0.15, 0.2) is 0 Å². The SMILES string of the molecule is NC(=O)C1(c2cc(F)cc(F)c2)CCN(Cc2ccccc2)CC1. The first-order valence-electron chi connectivity index (χ1n) is 8.02. The summed E-state index contributed by atoms with van der Waals surface area (Å²) in [7, 11) is 0. The van der Waals surface area contributed by atoms with Gasteiger partial charge in [-0.2, -0.15) is 0 Å². The minimum Gasteiger partial charge on any atom is -0.369 e. The van der Waals surface area contributed by atoms with Gasteiger partial charge in [-0.3, -0.25) is 9.69 Å². The van der Waals surface area contributed by atoms with Gasteiger partial charge >= 0.3 is 0 Å². The minimum atomic E-state index is -1.00. The van der Waals surface area contributed by atoms with Crippen LogP contribution in [0.15, 0.2) is 48.5 Å². The maximum absolute atomic E-state index is 13.6. The quantitative estimate of drug-likeness (QED) is 0.937. The number of carbonyl (C=O) groups is 1. The Morgan fingerprint density at radius 1 is 1.04 bits per heavy atom. The van der Waals surface area contributed by atoms with Crippen molar-refractivity contribution in [2.45, 2.75) is 24.8 Å². The molecule has 2 aromatic carbocycles. The molecule has 0 atom stereocenters. The van der Waals surface area contributed by atoms with Gasteiger partial charge in [-0.05, 0) is 49.2 Å². The number of benzene rings is 2. The van der Waals surface area contributed by atoms with Crippen LogP contribution in [-0.4, -0.2) is 23.9 Å². The van der Waals surface area contributed by atoms with Gasteiger partial charge in [0.1, 0.15) is 11.6 Å². The van der Waals surface area contributed by atoms with Crippen molar-refractivity contribution in [3.8, 4) is 0 Å². The van der Waals surface area contributed by atoms with Gasteiger partial charge < -0.3 is 5.73 Å². The highest BCUT2D eigenvalue weighted by atomic mass is 19.1. The van der Waals surface area contributed by atoms with Gasteiger partial charge in [0.25, 0.3) is 0 Å². The van der Waals surface area contributed by atoms with Crippen LogP contribution in [0.1, 0.15) is 24.0 Å². The van der Waals surface area contributed by atoms with Gasteiger partial charge in [-0.1, -0.05) is 30.3 Å². The van der Waals surface area contributed by atoms with Crippen molar-refractivity contribution in [2.24, 2.45) is 5.73 Å². The van der Waals surface area contributed by atoms with Crippen molar-refractivity contribution < 1.29 is 13.6 Å². The molecule has 0 aliphatic carbocycles. The summed E-state index contributed by atoms with van der Waals surface area (Å²) in [5.74, 6) is -1.89. The second-order valence-corrected chi connectivity index (χ2v) is 6.37. The Morgan fingerprint density at radius 3 is 2.17 bits per heavy atom. The smallest absolute Gasteiger partial charge is 0.228 e. The van der Waals surface area contributed by atoms with E-state index in [4.69, 9.17) is 5.73 Å². The number of carbonyl (C=O) groups excluding carboxylic acids is 1. The van der Waals surface area contributed by atoms with Crippen molar-refractivity contribution in [1.29, 1.82) is 0 Å². The highest BCUT2D eigenvalue weighted by Crippen LogP contribution is 2.36. The number of hydrogen-bond acceptors (Lipinski definition) is 2. The summed E-state index contributed by atoms with van der Waals surface area (Å²) in [4.78, 5) is 14.4. The fourth-order valence-electron chi connectivity index (χ4n) is 3.44. The van der Waals surface area contributed by atoms with Crippen LogP contribution in [0.5, 0.6) is 0 Å². The number of amides is 1. The zero-order chi connectivity index (χ0) is 17.2. The van der Waals surface area contributed by atoms with E-state index in [1.165, 1.54) is 17.7 Å². The van der Waals surface area contributed by atoms with Crippen molar-refractivity contribution in [1.82, 2.24) is 4.90 Å². The van der Waals surface area contributed by atoms with E-state index in [2.05, 4.69) is 17.0 Å². The van der Waals surface area contributed by atoms with Crippen molar-refractivity contribution in [3.63, 3.8) is 0 Å². The molecule has 3 rings (SSSR count). The molecule has 1 aliphatic heterocycles. The van der Waals surface area contributed by atoms with Crippen LogP contribution in [0.3, 0.4) is 0 Å². The molecule has 0 spiro atoms.